The lowest BCUT2D eigenvalue weighted by Gasteiger charge is -2.20. The average molecular weight is 431 g/mol. The van der Waals surface area contributed by atoms with Crippen molar-refractivity contribution in [3.8, 4) is 0 Å². The van der Waals surface area contributed by atoms with Gasteiger partial charge in [-0.15, -0.1) is 0 Å². The molecule has 27 heavy (non-hydrogen) atoms. The van der Waals surface area contributed by atoms with Crippen molar-refractivity contribution in [3.63, 3.8) is 0 Å². The van der Waals surface area contributed by atoms with Crippen LogP contribution in [0.1, 0.15) is 18.0 Å². The highest BCUT2D eigenvalue weighted by Gasteiger charge is 2.37. The number of amides is 2. The van der Waals surface area contributed by atoms with Gasteiger partial charge in [0.25, 0.3) is 0 Å². The molecule has 0 aliphatic carbocycles. The maximum absolute atomic E-state index is 12.7. The smallest absolute Gasteiger partial charge is 0.333 e. The van der Waals surface area contributed by atoms with E-state index in [2.05, 4.69) is 21.2 Å². The molecular weight excluding hydrogens is 412 g/mol. The van der Waals surface area contributed by atoms with E-state index >= 15 is 0 Å². The molecule has 2 unspecified atom stereocenters. The van der Waals surface area contributed by atoms with Gasteiger partial charge in [0.15, 0.2) is 6.04 Å². The summed E-state index contributed by atoms with van der Waals surface area (Å²) in [6, 6.07) is 15.3. The van der Waals surface area contributed by atoms with Crippen LogP contribution in [0.15, 0.2) is 59.1 Å². The zero-order valence-electron chi connectivity index (χ0n) is 14.7. The van der Waals surface area contributed by atoms with Crippen molar-refractivity contribution in [1.29, 1.82) is 0 Å². The first kappa shape index (κ1) is 19.1. The third-order valence-electron chi connectivity index (χ3n) is 4.49. The minimum atomic E-state index is -0.920. The van der Waals surface area contributed by atoms with E-state index < -0.39 is 17.9 Å². The summed E-state index contributed by atoms with van der Waals surface area (Å²) >= 11 is 3.34. The minimum Gasteiger partial charge on any atom is -0.467 e. The molecule has 7 heteroatoms. The van der Waals surface area contributed by atoms with Crippen molar-refractivity contribution in [1.82, 2.24) is 5.32 Å². The molecule has 1 N–H and O–H groups in total. The van der Waals surface area contributed by atoms with Crippen LogP contribution in [-0.2, 0) is 19.1 Å². The predicted octanol–water partition coefficient (Wildman–Crippen LogP) is 2.83. The number of hydrogen-bond donors (Lipinski definition) is 1. The fourth-order valence-corrected chi connectivity index (χ4v) is 3.32. The van der Waals surface area contributed by atoms with Crippen molar-refractivity contribution >= 4 is 39.4 Å². The Bertz CT molecular complexity index is 839. The van der Waals surface area contributed by atoms with Crippen molar-refractivity contribution in [2.75, 3.05) is 18.6 Å². The Kier molecular flexibility index (Phi) is 5.91. The van der Waals surface area contributed by atoms with Crippen LogP contribution in [0.2, 0.25) is 0 Å². The van der Waals surface area contributed by atoms with Gasteiger partial charge in [0.2, 0.25) is 11.8 Å². The normalized spacial score (nSPS) is 17.5. The van der Waals surface area contributed by atoms with Gasteiger partial charge >= 0.3 is 5.97 Å². The summed E-state index contributed by atoms with van der Waals surface area (Å²) < 4.78 is 5.69. The van der Waals surface area contributed by atoms with E-state index in [9.17, 15) is 14.4 Å². The van der Waals surface area contributed by atoms with Crippen LogP contribution < -0.4 is 10.2 Å². The van der Waals surface area contributed by atoms with Gasteiger partial charge in [0.05, 0.1) is 13.0 Å². The van der Waals surface area contributed by atoms with E-state index in [1.54, 1.807) is 29.2 Å². The number of benzene rings is 2. The van der Waals surface area contributed by atoms with Gasteiger partial charge in [0, 0.05) is 23.1 Å². The SMILES string of the molecule is COC(=O)C(NC(=O)C1CC(=O)N(c2ccccc2)C1)c1ccc(Br)cc1. The van der Waals surface area contributed by atoms with Crippen LogP contribution in [0.3, 0.4) is 0 Å². The molecule has 3 rings (SSSR count). The van der Waals surface area contributed by atoms with Crippen molar-refractivity contribution < 1.29 is 19.1 Å². The molecule has 140 valence electrons. The lowest BCUT2D eigenvalue weighted by molar-refractivity contribution is -0.145. The standard InChI is InChI=1S/C20H19BrN2O4/c1-27-20(26)18(13-7-9-15(21)10-8-13)22-19(25)14-11-17(24)23(12-14)16-5-3-2-4-6-16/h2-10,14,18H,11-12H2,1H3,(H,22,25). The maximum atomic E-state index is 12.7. The molecule has 0 saturated carbocycles. The number of carbonyl (C=O) groups excluding carboxylic acids is 3. The number of carbonyl (C=O) groups is 3. The van der Waals surface area contributed by atoms with Crippen LogP contribution >= 0.6 is 15.9 Å². The Labute approximate surface area is 165 Å². The molecule has 1 fully saturated rings. The topological polar surface area (TPSA) is 75.7 Å². The summed E-state index contributed by atoms with van der Waals surface area (Å²) in [4.78, 5) is 38.8. The number of hydrogen-bond acceptors (Lipinski definition) is 4. The number of nitrogens with one attached hydrogen (secondary N) is 1. The number of nitrogens with zero attached hydrogens (tertiary/aromatic N) is 1. The van der Waals surface area contributed by atoms with Crippen molar-refractivity contribution in [2.24, 2.45) is 5.92 Å². The highest BCUT2D eigenvalue weighted by atomic mass is 79.9. The summed E-state index contributed by atoms with van der Waals surface area (Å²) in [6.07, 6.45) is 0.106. The summed E-state index contributed by atoms with van der Waals surface area (Å²) in [5.41, 5.74) is 1.37. The molecule has 0 bridgehead atoms. The molecule has 2 amide bonds. The van der Waals surface area contributed by atoms with Crippen LogP contribution in [-0.4, -0.2) is 31.4 Å². The molecule has 0 aromatic heterocycles. The fraction of sp³-hybridized carbons (Fsp3) is 0.250. The van der Waals surface area contributed by atoms with E-state index in [-0.39, 0.29) is 24.8 Å². The number of rotatable bonds is 5. The second kappa shape index (κ2) is 8.35. The van der Waals surface area contributed by atoms with Gasteiger partial charge in [-0.05, 0) is 29.8 Å². The van der Waals surface area contributed by atoms with Crippen molar-refractivity contribution in [2.45, 2.75) is 12.5 Å². The van der Waals surface area contributed by atoms with Gasteiger partial charge in [-0.3, -0.25) is 9.59 Å². The lowest BCUT2D eigenvalue weighted by Crippen LogP contribution is -2.39. The fourth-order valence-electron chi connectivity index (χ4n) is 3.05. The molecule has 1 heterocycles. The molecule has 2 aromatic rings. The van der Waals surface area contributed by atoms with Gasteiger partial charge in [-0.1, -0.05) is 46.3 Å². The first-order valence-electron chi connectivity index (χ1n) is 8.48. The number of halogens is 1. The van der Waals surface area contributed by atoms with E-state index in [0.29, 0.717) is 5.56 Å². The Morgan fingerprint density at radius 1 is 1.15 bits per heavy atom. The number of anilines is 1. The maximum Gasteiger partial charge on any atom is 0.333 e. The van der Waals surface area contributed by atoms with Crippen LogP contribution in [0, 0.1) is 5.92 Å². The molecule has 0 spiro atoms. The van der Waals surface area contributed by atoms with Crippen LogP contribution in [0.25, 0.3) is 0 Å². The predicted molar refractivity (Wildman–Crippen MR) is 104 cm³/mol. The molecular formula is C20H19BrN2O4. The number of para-hydroxylation sites is 1. The Morgan fingerprint density at radius 3 is 2.44 bits per heavy atom. The van der Waals surface area contributed by atoms with E-state index in [1.807, 2.05) is 30.3 Å². The van der Waals surface area contributed by atoms with Crippen molar-refractivity contribution in [3.05, 3.63) is 64.6 Å². The molecule has 6 nitrogen and oxygen atoms in total. The van der Waals surface area contributed by atoms with Gasteiger partial charge < -0.3 is 15.0 Å². The van der Waals surface area contributed by atoms with E-state index in [0.717, 1.165) is 10.2 Å². The summed E-state index contributed by atoms with van der Waals surface area (Å²) in [5.74, 6) is -1.55. The third kappa shape index (κ3) is 4.36. The second-order valence-corrected chi connectivity index (χ2v) is 7.17. The molecule has 2 atom stereocenters. The minimum absolute atomic E-state index is 0.106. The second-order valence-electron chi connectivity index (χ2n) is 6.26. The number of ether oxygens (including phenoxy) is 1. The highest BCUT2D eigenvalue weighted by Crippen LogP contribution is 2.26. The highest BCUT2D eigenvalue weighted by molar-refractivity contribution is 9.10. The Morgan fingerprint density at radius 2 is 1.81 bits per heavy atom. The van der Waals surface area contributed by atoms with Gasteiger partial charge in [-0.25, -0.2) is 4.79 Å². The zero-order chi connectivity index (χ0) is 19.4. The van der Waals surface area contributed by atoms with Crippen LogP contribution in [0.5, 0.6) is 0 Å². The van der Waals surface area contributed by atoms with E-state index in [4.69, 9.17) is 4.74 Å². The van der Waals surface area contributed by atoms with Gasteiger partial charge in [0.1, 0.15) is 0 Å². The molecule has 2 aromatic carbocycles. The monoisotopic (exact) mass is 430 g/mol. The number of esters is 1. The summed E-state index contributed by atoms with van der Waals surface area (Å²) in [6.45, 7) is 0.281. The van der Waals surface area contributed by atoms with Crippen LogP contribution in [0.4, 0.5) is 5.69 Å². The quantitative estimate of drug-likeness (QED) is 0.739. The summed E-state index contributed by atoms with van der Waals surface area (Å²) in [7, 11) is 1.27. The molecule has 1 saturated heterocycles. The molecule has 1 aliphatic heterocycles. The van der Waals surface area contributed by atoms with Gasteiger partial charge in [-0.2, -0.15) is 0 Å². The first-order chi connectivity index (χ1) is 13.0. The van der Waals surface area contributed by atoms with E-state index in [1.165, 1.54) is 7.11 Å². The first-order valence-corrected chi connectivity index (χ1v) is 9.28. The Hall–Kier alpha value is -2.67. The molecule has 0 radical (unpaired) electrons. The summed E-state index contributed by atoms with van der Waals surface area (Å²) in [5, 5.41) is 2.73. The Balaban J connectivity index is 1.73. The number of methoxy groups -OCH3 is 1. The molecule has 1 aliphatic rings. The lowest BCUT2D eigenvalue weighted by atomic mass is 10.0. The average Bonchev–Trinajstić information content (AvgIpc) is 3.08. The largest absolute Gasteiger partial charge is 0.467 e. The zero-order valence-corrected chi connectivity index (χ0v) is 16.3. The third-order valence-corrected chi connectivity index (χ3v) is 5.02.